The molecule has 6 saturated carbocycles. The molecule has 0 bridgehead atoms. The second kappa shape index (κ2) is 13.1. The van der Waals surface area contributed by atoms with E-state index in [2.05, 4.69) is 81.0 Å². The van der Waals surface area contributed by atoms with Crippen molar-refractivity contribution in [3.8, 4) is 0 Å². The maximum atomic E-state index is 12.1. The van der Waals surface area contributed by atoms with Gasteiger partial charge in [-0.1, -0.05) is 92.1 Å². The van der Waals surface area contributed by atoms with Crippen molar-refractivity contribution in [1.82, 2.24) is 0 Å². The SMILES string of the molecule is CC(=O)O[C@H]1CC[C@]2(C)[C@H]3CCC4=C(SC5=C6CC[C@@H]7[C@@]8(C)CC[C@H](OC(C)=O)C(C)(C)[C@@H]8CC[C@@]7(C)[C@]6(C)CCC5)CCC[C@@]4(C)[C@]3(C)CC[C@H]2C1(C)C. The third kappa shape index (κ3) is 5.53. The maximum absolute atomic E-state index is 12.1. The van der Waals surface area contributed by atoms with Crippen LogP contribution in [0.15, 0.2) is 21.0 Å². The van der Waals surface area contributed by atoms with Crippen molar-refractivity contribution in [3.63, 3.8) is 0 Å². The van der Waals surface area contributed by atoms with E-state index < -0.39 is 0 Å². The first-order valence-corrected chi connectivity index (χ1v) is 23.9. The molecule has 0 aromatic carbocycles. The first kappa shape index (κ1) is 40.5. The molecule has 0 saturated heterocycles. The van der Waals surface area contributed by atoms with E-state index in [0.29, 0.717) is 33.5 Å². The van der Waals surface area contributed by atoms with Crippen LogP contribution in [-0.2, 0) is 19.1 Å². The van der Waals surface area contributed by atoms with Gasteiger partial charge in [-0.25, -0.2) is 0 Å². The second-order valence-corrected chi connectivity index (χ2v) is 24.6. The first-order chi connectivity index (χ1) is 25.6. The van der Waals surface area contributed by atoms with Gasteiger partial charge in [0.1, 0.15) is 12.2 Å². The van der Waals surface area contributed by atoms with Crippen LogP contribution in [0.5, 0.6) is 0 Å². The summed E-state index contributed by atoms with van der Waals surface area (Å²) in [6, 6.07) is 0. The fourth-order valence-electron chi connectivity index (χ4n) is 18.0. The molecule has 8 aliphatic carbocycles. The lowest BCUT2D eigenvalue weighted by Crippen LogP contribution is -2.63. The number of hydrogen-bond donors (Lipinski definition) is 0. The molecule has 0 spiro atoms. The zero-order valence-corrected chi connectivity index (χ0v) is 38.0. The van der Waals surface area contributed by atoms with Gasteiger partial charge >= 0.3 is 11.9 Å². The van der Waals surface area contributed by atoms with Crippen LogP contribution in [0.3, 0.4) is 0 Å². The second-order valence-electron chi connectivity index (χ2n) is 23.4. The van der Waals surface area contributed by atoms with Gasteiger partial charge in [0.2, 0.25) is 0 Å². The van der Waals surface area contributed by atoms with Gasteiger partial charge in [-0.3, -0.25) is 9.59 Å². The van der Waals surface area contributed by atoms with Gasteiger partial charge in [0.05, 0.1) is 0 Å². The van der Waals surface area contributed by atoms with E-state index in [-0.39, 0.29) is 45.8 Å². The fourth-order valence-corrected chi connectivity index (χ4v) is 19.7. The summed E-state index contributed by atoms with van der Waals surface area (Å²) in [5, 5.41) is 0. The van der Waals surface area contributed by atoms with Crippen molar-refractivity contribution in [2.45, 2.75) is 211 Å². The third-order valence-corrected chi connectivity index (χ3v) is 22.3. The molecule has 0 unspecified atom stereocenters. The molecule has 0 aromatic rings. The molecule has 0 amide bonds. The van der Waals surface area contributed by atoms with Crippen molar-refractivity contribution >= 4 is 23.7 Å². The lowest BCUT2D eigenvalue weighted by molar-refractivity contribution is -0.211. The van der Waals surface area contributed by atoms with Crippen LogP contribution in [0.4, 0.5) is 0 Å². The van der Waals surface area contributed by atoms with Crippen molar-refractivity contribution in [1.29, 1.82) is 0 Å². The van der Waals surface area contributed by atoms with Gasteiger partial charge in [0, 0.05) is 24.7 Å². The van der Waals surface area contributed by atoms with Crippen LogP contribution in [0.2, 0.25) is 0 Å². The lowest BCUT2D eigenvalue weighted by atomic mass is 9.35. The van der Waals surface area contributed by atoms with Crippen molar-refractivity contribution < 1.29 is 19.1 Å². The van der Waals surface area contributed by atoms with E-state index in [1.807, 2.05) is 11.1 Å². The number of carbonyl (C=O) groups is 2. The smallest absolute Gasteiger partial charge is 0.302 e. The summed E-state index contributed by atoms with van der Waals surface area (Å²) in [4.78, 5) is 27.8. The van der Waals surface area contributed by atoms with E-state index in [4.69, 9.17) is 9.47 Å². The summed E-state index contributed by atoms with van der Waals surface area (Å²) in [7, 11) is 0. The minimum Gasteiger partial charge on any atom is -0.462 e. The molecule has 12 atom stereocenters. The Morgan fingerprint density at radius 1 is 0.491 bits per heavy atom. The molecule has 0 N–H and O–H groups in total. The number of fused-ring (bicyclic) bond motifs is 10. The monoisotopic (exact) mass is 775 g/mol. The van der Waals surface area contributed by atoms with Gasteiger partial charge in [0.25, 0.3) is 0 Å². The molecule has 308 valence electrons. The highest BCUT2D eigenvalue weighted by Gasteiger charge is 2.69. The predicted molar refractivity (Wildman–Crippen MR) is 226 cm³/mol. The predicted octanol–water partition coefficient (Wildman–Crippen LogP) is 13.8. The molecule has 55 heavy (non-hydrogen) atoms. The van der Waals surface area contributed by atoms with Crippen molar-refractivity contribution in [2.75, 3.05) is 0 Å². The number of allylic oxidation sites excluding steroid dienone is 4. The highest BCUT2D eigenvalue weighted by atomic mass is 32.2. The summed E-state index contributed by atoms with van der Waals surface area (Å²) in [6.45, 7) is 29.1. The van der Waals surface area contributed by atoms with Gasteiger partial charge in [0.15, 0.2) is 0 Å². The molecule has 8 rings (SSSR count). The molecule has 5 heteroatoms. The average Bonchev–Trinajstić information content (AvgIpc) is 3.08. The Morgan fingerprint density at radius 2 is 0.873 bits per heavy atom. The Bertz CT molecular complexity index is 1550. The zero-order chi connectivity index (χ0) is 39.8. The fraction of sp³-hybridized carbons (Fsp3) is 0.880. The number of thioether (sulfide) groups is 1. The number of rotatable bonds is 4. The Hall–Kier alpha value is -1.23. The largest absolute Gasteiger partial charge is 0.462 e. The number of hydrogen-bond acceptors (Lipinski definition) is 5. The Kier molecular flexibility index (Phi) is 9.68. The highest BCUT2D eigenvalue weighted by Crippen LogP contribution is 2.77. The minimum atomic E-state index is -0.114. The standard InChI is InChI=1S/C50H78O4S/c1-31(51)53-41-23-27-45(7)37(43(41,3)4)21-29-49(11)39(45)19-17-33-35(15-13-25-47(33,49)9)55-36-16-14-26-48(10)34(36)18-20-40-46(8)28-24-42(54-32(2)52)44(5,6)38(46)22-30-50(40,48)12/h37-42H,13-30H2,1-12H3/t37-,38-,39+,40+,41-,42-,45-,46-,47+,48+,49+,50+/m0/s1. The summed E-state index contributed by atoms with van der Waals surface area (Å²) in [5.74, 6) is 2.40. The van der Waals surface area contributed by atoms with E-state index >= 15 is 0 Å². The van der Waals surface area contributed by atoms with Crippen LogP contribution >= 0.6 is 11.8 Å². The van der Waals surface area contributed by atoms with Crippen LogP contribution in [0.25, 0.3) is 0 Å². The number of ether oxygens (including phenoxy) is 2. The third-order valence-electron chi connectivity index (χ3n) is 20.9. The highest BCUT2D eigenvalue weighted by molar-refractivity contribution is 8.06. The Morgan fingerprint density at radius 3 is 1.24 bits per heavy atom. The van der Waals surface area contributed by atoms with E-state index in [9.17, 15) is 9.59 Å². The van der Waals surface area contributed by atoms with Crippen molar-refractivity contribution in [3.05, 3.63) is 21.0 Å². The number of esters is 2. The summed E-state index contributed by atoms with van der Waals surface area (Å²) >= 11 is 2.30. The zero-order valence-electron chi connectivity index (χ0n) is 37.2. The van der Waals surface area contributed by atoms with Crippen molar-refractivity contribution in [2.24, 2.45) is 67.0 Å². The Balaban J connectivity index is 1.08. The van der Waals surface area contributed by atoms with E-state index in [1.165, 1.54) is 103 Å². The quantitative estimate of drug-likeness (QED) is 0.266. The minimum absolute atomic E-state index is 0.0118. The summed E-state index contributed by atoms with van der Waals surface area (Å²) in [6.07, 6.45) is 22.7. The molecule has 0 radical (unpaired) electrons. The molecule has 0 aliphatic heterocycles. The summed E-state index contributed by atoms with van der Waals surface area (Å²) in [5.41, 5.74) is 5.47. The van der Waals surface area contributed by atoms with Crippen LogP contribution < -0.4 is 0 Å². The molecular formula is C50H78O4S. The van der Waals surface area contributed by atoms with Crippen LogP contribution in [-0.4, -0.2) is 24.1 Å². The van der Waals surface area contributed by atoms with Gasteiger partial charge in [-0.2, -0.15) is 0 Å². The Labute approximate surface area is 340 Å². The lowest BCUT2D eigenvalue weighted by Gasteiger charge is -2.70. The van der Waals surface area contributed by atoms with Gasteiger partial charge < -0.3 is 9.47 Å². The van der Waals surface area contributed by atoms with Gasteiger partial charge in [-0.15, -0.1) is 0 Å². The molecule has 8 aliphatic rings. The molecule has 0 aromatic heterocycles. The number of carbonyl (C=O) groups excluding carboxylic acids is 2. The van der Waals surface area contributed by atoms with Gasteiger partial charge in [-0.05, 0) is 182 Å². The topological polar surface area (TPSA) is 52.6 Å². The maximum Gasteiger partial charge on any atom is 0.302 e. The molecule has 6 fully saturated rings. The van der Waals surface area contributed by atoms with Crippen LogP contribution in [0.1, 0.15) is 199 Å². The molecular weight excluding hydrogens is 697 g/mol. The first-order valence-electron chi connectivity index (χ1n) is 23.1. The normalized spacial score (nSPS) is 48.6. The molecule has 0 heterocycles. The average molecular weight is 775 g/mol. The summed E-state index contributed by atoms with van der Waals surface area (Å²) < 4.78 is 12.0. The van der Waals surface area contributed by atoms with Crippen LogP contribution in [0, 0.1) is 67.0 Å². The molecule has 4 nitrogen and oxygen atoms in total. The van der Waals surface area contributed by atoms with E-state index in [0.717, 1.165) is 24.7 Å². The van der Waals surface area contributed by atoms with E-state index in [1.54, 1.807) is 23.7 Å².